The lowest BCUT2D eigenvalue weighted by atomic mass is 10.2. The van der Waals surface area contributed by atoms with Crippen molar-refractivity contribution in [3.63, 3.8) is 0 Å². The van der Waals surface area contributed by atoms with Crippen molar-refractivity contribution in [2.45, 2.75) is 6.92 Å². The highest BCUT2D eigenvalue weighted by Crippen LogP contribution is 2.15. The van der Waals surface area contributed by atoms with Crippen molar-refractivity contribution in [2.24, 2.45) is 0 Å². The molecule has 3 rings (SSSR count). The molecule has 2 aromatic rings. The summed E-state index contributed by atoms with van der Waals surface area (Å²) >= 11 is 1.28. The lowest BCUT2D eigenvalue weighted by Crippen LogP contribution is -2.47. The number of carbonyl (C=O) groups excluding carboxylic acids is 1. The van der Waals surface area contributed by atoms with Gasteiger partial charge in [-0.05, 0) is 19.1 Å². The molecule has 1 saturated heterocycles. The van der Waals surface area contributed by atoms with Crippen molar-refractivity contribution in [1.82, 2.24) is 20.1 Å². The monoisotopic (exact) mass is 362 g/mol. The second-order valence-corrected chi connectivity index (χ2v) is 6.46. The standard InChI is InChI=1S/C16H22N6O2S/c1-2-24-10-9-21-5-7-22(8-6-21)14-4-3-13(11-17-14)15(23)19-16-20-18-12-25-16/h3-4,11-12H,2,5-10H2,1H3,(H,19,20,23). The van der Waals surface area contributed by atoms with E-state index < -0.39 is 0 Å². The number of ether oxygens (including phenoxy) is 1. The summed E-state index contributed by atoms with van der Waals surface area (Å²) in [7, 11) is 0. The zero-order valence-electron chi connectivity index (χ0n) is 14.2. The molecule has 1 aliphatic heterocycles. The summed E-state index contributed by atoms with van der Waals surface area (Å²) in [6, 6.07) is 3.69. The van der Waals surface area contributed by atoms with Crippen molar-refractivity contribution < 1.29 is 9.53 Å². The summed E-state index contributed by atoms with van der Waals surface area (Å²) in [5, 5.41) is 10.7. The number of rotatable bonds is 7. The fourth-order valence-electron chi connectivity index (χ4n) is 2.64. The predicted molar refractivity (Wildman–Crippen MR) is 97.2 cm³/mol. The Morgan fingerprint density at radius 3 is 2.80 bits per heavy atom. The molecule has 3 heterocycles. The average Bonchev–Trinajstić information content (AvgIpc) is 3.16. The van der Waals surface area contributed by atoms with Crippen molar-refractivity contribution in [3.8, 4) is 0 Å². The van der Waals surface area contributed by atoms with Gasteiger partial charge >= 0.3 is 0 Å². The second-order valence-electron chi connectivity index (χ2n) is 5.63. The topological polar surface area (TPSA) is 83.5 Å². The van der Waals surface area contributed by atoms with E-state index in [2.05, 4.69) is 30.3 Å². The molecule has 0 unspecified atom stereocenters. The van der Waals surface area contributed by atoms with Crippen LogP contribution in [0.2, 0.25) is 0 Å². The largest absolute Gasteiger partial charge is 0.380 e. The minimum absolute atomic E-state index is 0.225. The number of pyridine rings is 1. The van der Waals surface area contributed by atoms with Gasteiger partial charge in [0.05, 0.1) is 12.2 Å². The van der Waals surface area contributed by atoms with Crippen molar-refractivity contribution in [2.75, 3.05) is 56.2 Å². The highest BCUT2D eigenvalue weighted by atomic mass is 32.1. The number of aromatic nitrogens is 3. The van der Waals surface area contributed by atoms with Gasteiger partial charge in [0, 0.05) is 45.5 Å². The van der Waals surface area contributed by atoms with E-state index in [1.165, 1.54) is 11.3 Å². The van der Waals surface area contributed by atoms with Gasteiger partial charge in [-0.25, -0.2) is 4.98 Å². The number of anilines is 2. The predicted octanol–water partition coefficient (Wildman–Crippen LogP) is 1.34. The second kappa shape index (κ2) is 8.84. The molecule has 0 saturated carbocycles. The normalized spacial score (nSPS) is 15.3. The molecule has 0 aromatic carbocycles. The van der Waals surface area contributed by atoms with Crippen LogP contribution < -0.4 is 10.2 Å². The van der Waals surface area contributed by atoms with Crippen LogP contribution in [0, 0.1) is 0 Å². The van der Waals surface area contributed by atoms with Gasteiger partial charge < -0.3 is 9.64 Å². The maximum Gasteiger partial charge on any atom is 0.259 e. The van der Waals surface area contributed by atoms with Crippen molar-refractivity contribution >= 4 is 28.2 Å². The number of nitrogens with zero attached hydrogens (tertiary/aromatic N) is 5. The summed E-state index contributed by atoms with van der Waals surface area (Å²) in [6.07, 6.45) is 1.60. The Morgan fingerprint density at radius 1 is 1.32 bits per heavy atom. The van der Waals surface area contributed by atoms with E-state index in [0.717, 1.165) is 51.8 Å². The molecule has 1 fully saturated rings. The molecule has 1 amide bonds. The van der Waals surface area contributed by atoms with Crippen LogP contribution in [0.5, 0.6) is 0 Å². The summed E-state index contributed by atoms with van der Waals surface area (Å²) < 4.78 is 5.41. The SMILES string of the molecule is CCOCCN1CCN(c2ccc(C(=O)Nc3nncs3)cn2)CC1. The van der Waals surface area contributed by atoms with Gasteiger partial charge in [0.15, 0.2) is 0 Å². The Kier molecular flexibility index (Phi) is 6.26. The van der Waals surface area contributed by atoms with Crippen LogP contribution in [0.15, 0.2) is 23.8 Å². The van der Waals surface area contributed by atoms with Gasteiger partial charge in [-0.1, -0.05) is 11.3 Å². The van der Waals surface area contributed by atoms with Crippen LogP contribution in [0.4, 0.5) is 10.9 Å². The zero-order valence-corrected chi connectivity index (χ0v) is 15.0. The van der Waals surface area contributed by atoms with Crippen LogP contribution in [0.25, 0.3) is 0 Å². The Hall–Kier alpha value is -2.10. The Labute approximate surface area is 150 Å². The van der Waals surface area contributed by atoms with Crippen LogP contribution in [-0.4, -0.2) is 71.9 Å². The zero-order chi connectivity index (χ0) is 17.5. The van der Waals surface area contributed by atoms with Gasteiger partial charge in [-0.3, -0.25) is 15.0 Å². The molecule has 0 bridgehead atoms. The van der Waals surface area contributed by atoms with Crippen LogP contribution in [0.1, 0.15) is 17.3 Å². The molecule has 0 aliphatic carbocycles. The highest BCUT2D eigenvalue weighted by Gasteiger charge is 2.18. The van der Waals surface area contributed by atoms with Gasteiger partial charge in [0.2, 0.25) is 5.13 Å². The quantitative estimate of drug-likeness (QED) is 0.744. The Balaban J connectivity index is 1.50. The van der Waals surface area contributed by atoms with Crippen LogP contribution in [-0.2, 0) is 4.74 Å². The first kappa shape index (κ1) is 17.7. The molecule has 0 radical (unpaired) electrons. The lowest BCUT2D eigenvalue weighted by Gasteiger charge is -2.35. The first-order valence-electron chi connectivity index (χ1n) is 8.35. The molecular weight excluding hydrogens is 340 g/mol. The average molecular weight is 362 g/mol. The van der Waals surface area contributed by atoms with Crippen LogP contribution >= 0.6 is 11.3 Å². The molecule has 134 valence electrons. The third-order valence-electron chi connectivity index (χ3n) is 4.04. The molecule has 2 aromatic heterocycles. The van der Waals surface area contributed by atoms with E-state index in [9.17, 15) is 4.79 Å². The number of amides is 1. The molecule has 0 spiro atoms. The highest BCUT2D eigenvalue weighted by molar-refractivity contribution is 7.13. The Morgan fingerprint density at radius 2 is 2.16 bits per heavy atom. The first-order valence-corrected chi connectivity index (χ1v) is 9.23. The number of carbonyl (C=O) groups is 1. The van der Waals surface area contributed by atoms with E-state index in [4.69, 9.17) is 4.74 Å². The van der Waals surface area contributed by atoms with Gasteiger partial charge in [0.25, 0.3) is 5.91 Å². The molecular formula is C16H22N6O2S. The minimum Gasteiger partial charge on any atom is -0.380 e. The maximum atomic E-state index is 12.1. The van der Waals surface area contributed by atoms with Gasteiger partial charge in [0.1, 0.15) is 11.3 Å². The fraction of sp³-hybridized carbons (Fsp3) is 0.500. The van der Waals surface area contributed by atoms with E-state index in [0.29, 0.717) is 10.7 Å². The molecule has 8 nitrogen and oxygen atoms in total. The van der Waals surface area contributed by atoms with Gasteiger partial charge in [-0.2, -0.15) is 0 Å². The maximum absolute atomic E-state index is 12.1. The Bertz CT molecular complexity index is 656. The van der Waals surface area contributed by atoms with Crippen molar-refractivity contribution in [3.05, 3.63) is 29.4 Å². The summed E-state index contributed by atoms with van der Waals surface area (Å²) in [5.74, 6) is 0.675. The molecule has 1 aliphatic rings. The van der Waals surface area contributed by atoms with E-state index in [1.54, 1.807) is 17.8 Å². The van der Waals surface area contributed by atoms with Gasteiger partial charge in [-0.15, -0.1) is 10.2 Å². The smallest absolute Gasteiger partial charge is 0.259 e. The fourth-order valence-corrected chi connectivity index (χ4v) is 3.08. The summed E-state index contributed by atoms with van der Waals surface area (Å²) in [5.41, 5.74) is 2.08. The third kappa shape index (κ3) is 4.94. The molecule has 9 heteroatoms. The van der Waals surface area contributed by atoms with Crippen LogP contribution in [0.3, 0.4) is 0 Å². The van der Waals surface area contributed by atoms with E-state index in [1.807, 2.05) is 13.0 Å². The molecule has 1 N–H and O–H groups in total. The number of hydrogen-bond acceptors (Lipinski definition) is 8. The first-order chi connectivity index (χ1) is 12.3. The number of piperazine rings is 1. The molecule has 25 heavy (non-hydrogen) atoms. The molecule has 0 atom stereocenters. The van der Waals surface area contributed by atoms with Crippen molar-refractivity contribution in [1.29, 1.82) is 0 Å². The third-order valence-corrected chi connectivity index (χ3v) is 4.65. The van der Waals surface area contributed by atoms with E-state index in [-0.39, 0.29) is 5.91 Å². The minimum atomic E-state index is -0.225. The summed E-state index contributed by atoms with van der Waals surface area (Å²) in [6.45, 7) is 8.38. The number of nitrogens with one attached hydrogen (secondary N) is 1. The number of hydrogen-bond donors (Lipinski definition) is 1. The van der Waals surface area contributed by atoms with E-state index >= 15 is 0 Å². The summed E-state index contributed by atoms with van der Waals surface area (Å²) in [4.78, 5) is 21.2. The lowest BCUT2D eigenvalue weighted by molar-refractivity contribution is 0.102.